The minimum atomic E-state index is -0.290. The van der Waals surface area contributed by atoms with E-state index in [-0.39, 0.29) is 5.97 Å². The highest BCUT2D eigenvalue weighted by molar-refractivity contribution is 6.23. The van der Waals surface area contributed by atoms with Crippen LogP contribution in [0.2, 0.25) is 0 Å². The summed E-state index contributed by atoms with van der Waals surface area (Å²) in [4.78, 5) is 11.4. The van der Waals surface area contributed by atoms with Crippen LogP contribution >= 0.6 is 0 Å². The number of benzene rings is 4. The Morgan fingerprint density at radius 1 is 0.852 bits per heavy atom. The summed E-state index contributed by atoms with van der Waals surface area (Å²) in [5, 5.41) is 8.01. The van der Waals surface area contributed by atoms with Crippen molar-refractivity contribution in [3.8, 4) is 0 Å². The van der Waals surface area contributed by atoms with E-state index in [0.717, 1.165) is 25.7 Å². The van der Waals surface area contributed by atoms with Crippen LogP contribution in [0, 0.1) is 0 Å². The first-order chi connectivity index (χ1) is 13.1. The number of carbonyl (C=O) groups excluding carboxylic acids is 1. The standard InChI is InChI=1S/C25H24O2/c1-17(2)25(26)27-14-5-3-4-7-18-15-21-12-10-19-8-6-9-20-11-13-22(16-18)24(21)23(19)20/h6,8-13,15-16H,1,3-5,7,14H2,2H3. The lowest BCUT2D eigenvalue weighted by Gasteiger charge is -2.12. The van der Waals surface area contributed by atoms with E-state index >= 15 is 0 Å². The van der Waals surface area contributed by atoms with Crippen LogP contribution in [0.15, 0.2) is 66.7 Å². The Balaban J connectivity index is 1.46. The van der Waals surface area contributed by atoms with Crippen molar-refractivity contribution in [2.45, 2.75) is 32.6 Å². The average Bonchev–Trinajstić information content (AvgIpc) is 2.68. The van der Waals surface area contributed by atoms with Crippen molar-refractivity contribution in [3.05, 3.63) is 72.3 Å². The van der Waals surface area contributed by atoms with Gasteiger partial charge in [0.25, 0.3) is 0 Å². The van der Waals surface area contributed by atoms with Crippen LogP contribution in [0.1, 0.15) is 31.7 Å². The summed E-state index contributed by atoms with van der Waals surface area (Å²) in [5.41, 5.74) is 1.84. The molecule has 0 heterocycles. The molecule has 0 atom stereocenters. The molecule has 0 unspecified atom stereocenters. The first-order valence-corrected chi connectivity index (χ1v) is 9.62. The van der Waals surface area contributed by atoms with Crippen molar-refractivity contribution in [2.75, 3.05) is 6.61 Å². The Kier molecular flexibility index (Phi) is 4.81. The highest BCUT2D eigenvalue weighted by Crippen LogP contribution is 2.35. The number of carbonyl (C=O) groups is 1. The number of unbranched alkanes of at least 4 members (excludes halogenated alkanes) is 2. The topological polar surface area (TPSA) is 26.3 Å². The van der Waals surface area contributed by atoms with E-state index in [1.807, 2.05) is 0 Å². The Labute approximate surface area is 159 Å². The zero-order valence-electron chi connectivity index (χ0n) is 15.8. The highest BCUT2D eigenvalue weighted by Gasteiger charge is 2.09. The molecule has 136 valence electrons. The number of ether oxygens (including phenoxy) is 1. The second-order valence-corrected chi connectivity index (χ2v) is 7.35. The van der Waals surface area contributed by atoms with Crippen molar-refractivity contribution < 1.29 is 9.53 Å². The van der Waals surface area contributed by atoms with Gasteiger partial charge in [0, 0.05) is 5.57 Å². The van der Waals surface area contributed by atoms with Crippen molar-refractivity contribution in [3.63, 3.8) is 0 Å². The summed E-state index contributed by atoms with van der Waals surface area (Å²) >= 11 is 0. The van der Waals surface area contributed by atoms with Gasteiger partial charge in [-0.3, -0.25) is 0 Å². The fraction of sp³-hybridized carbons (Fsp3) is 0.240. The first kappa shape index (κ1) is 17.5. The Bertz CT molecular complexity index is 1060. The molecule has 0 N–H and O–H groups in total. The first-order valence-electron chi connectivity index (χ1n) is 9.62. The quantitative estimate of drug-likeness (QED) is 0.165. The van der Waals surface area contributed by atoms with Crippen LogP contribution in [-0.4, -0.2) is 12.6 Å². The minimum Gasteiger partial charge on any atom is -0.462 e. The van der Waals surface area contributed by atoms with Crippen LogP contribution in [0.4, 0.5) is 0 Å². The van der Waals surface area contributed by atoms with Gasteiger partial charge in [-0.25, -0.2) is 4.79 Å². The Morgan fingerprint density at radius 2 is 1.44 bits per heavy atom. The normalized spacial score (nSPS) is 11.4. The zero-order valence-corrected chi connectivity index (χ0v) is 15.8. The minimum absolute atomic E-state index is 0.290. The molecule has 0 radical (unpaired) electrons. The van der Waals surface area contributed by atoms with Crippen molar-refractivity contribution >= 4 is 38.3 Å². The molecule has 0 aliphatic carbocycles. The number of rotatable bonds is 7. The molecule has 0 bridgehead atoms. The molecule has 0 amide bonds. The fourth-order valence-corrected chi connectivity index (χ4v) is 3.86. The summed E-state index contributed by atoms with van der Waals surface area (Å²) < 4.78 is 5.15. The van der Waals surface area contributed by atoms with Crippen molar-refractivity contribution in [2.24, 2.45) is 0 Å². The Hall–Kier alpha value is -2.87. The van der Waals surface area contributed by atoms with Crippen LogP contribution in [0.3, 0.4) is 0 Å². The summed E-state index contributed by atoms with van der Waals surface area (Å²) in [5.74, 6) is -0.290. The lowest BCUT2D eigenvalue weighted by Crippen LogP contribution is -2.06. The van der Waals surface area contributed by atoms with Gasteiger partial charge in [0.05, 0.1) is 6.61 Å². The molecule has 0 aliphatic rings. The van der Waals surface area contributed by atoms with Gasteiger partial charge in [0.1, 0.15) is 0 Å². The van der Waals surface area contributed by atoms with E-state index < -0.39 is 0 Å². The monoisotopic (exact) mass is 356 g/mol. The molecule has 0 aliphatic heterocycles. The molecule has 2 nitrogen and oxygen atoms in total. The molecule has 0 saturated heterocycles. The number of aryl methyl sites for hydroxylation is 1. The number of hydrogen-bond acceptors (Lipinski definition) is 2. The molecule has 4 aromatic carbocycles. The van der Waals surface area contributed by atoms with Gasteiger partial charge >= 0.3 is 5.97 Å². The molecule has 0 fully saturated rings. The van der Waals surface area contributed by atoms with Gasteiger partial charge in [-0.15, -0.1) is 0 Å². The van der Waals surface area contributed by atoms with Crippen LogP contribution in [-0.2, 0) is 16.0 Å². The molecule has 4 aromatic rings. The average molecular weight is 356 g/mol. The maximum absolute atomic E-state index is 11.4. The molecule has 0 saturated carbocycles. The van der Waals surface area contributed by atoms with Gasteiger partial charge in [0.2, 0.25) is 0 Å². The van der Waals surface area contributed by atoms with Gasteiger partial charge in [-0.05, 0) is 70.5 Å². The largest absolute Gasteiger partial charge is 0.462 e. The lowest BCUT2D eigenvalue weighted by atomic mass is 9.92. The zero-order chi connectivity index (χ0) is 18.8. The summed E-state index contributed by atoms with van der Waals surface area (Å²) in [6.07, 6.45) is 4.09. The molecular weight excluding hydrogens is 332 g/mol. The second kappa shape index (κ2) is 7.40. The lowest BCUT2D eigenvalue weighted by molar-refractivity contribution is -0.139. The molecule has 27 heavy (non-hydrogen) atoms. The van der Waals surface area contributed by atoms with Gasteiger partial charge < -0.3 is 4.74 Å². The maximum Gasteiger partial charge on any atom is 0.333 e. The SMILES string of the molecule is C=C(C)C(=O)OCCCCCc1cc2ccc3cccc4ccc(c1)c2c34. The van der Waals surface area contributed by atoms with E-state index in [1.54, 1.807) is 6.92 Å². The third-order valence-electron chi connectivity index (χ3n) is 5.21. The van der Waals surface area contributed by atoms with Crippen molar-refractivity contribution in [1.82, 2.24) is 0 Å². The third kappa shape index (κ3) is 3.52. The van der Waals surface area contributed by atoms with Crippen LogP contribution in [0.25, 0.3) is 32.3 Å². The molecule has 4 rings (SSSR count). The number of hydrogen-bond donors (Lipinski definition) is 0. The Morgan fingerprint density at radius 3 is 2.07 bits per heavy atom. The summed E-state index contributed by atoms with van der Waals surface area (Å²) in [6, 6.07) is 20.1. The van der Waals surface area contributed by atoms with E-state index in [4.69, 9.17) is 4.74 Å². The molecule has 0 spiro atoms. The second-order valence-electron chi connectivity index (χ2n) is 7.35. The third-order valence-corrected chi connectivity index (χ3v) is 5.21. The van der Waals surface area contributed by atoms with Crippen molar-refractivity contribution in [1.29, 1.82) is 0 Å². The molecule has 2 heteroatoms. The highest BCUT2D eigenvalue weighted by atomic mass is 16.5. The molecule has 0 aromatic heterocycles. The fourth-order valence-electron chi connectivity index (χ4n) is 3.86. The van der Waals surface area contributed by atoms with E-state index in [1.165, 1.54) is 37.9 Å². The van der Waals surface area contributed by atoms with E-state index in [2.05, 4.69) is 61.2 Å². The van der Waals surface area contributed by atoms with E-state index in [0.29, 0.717) is 12.2 Å². The van der Waals surface area contributed by atoms with Gasteiger partial charge in [-0.2, -0.15) is 0 Å². The number of esters is 1. The summed E-state index contributed by atoms with van der Waals surface area (Å²) in [7, 11) is 0. The van der Waals surface area contributed by atoms with Gasteiger partial charge in [0.15, 0.2) is 0 Å². The summed E-state index contributed by atoms with van der Waals surface area (Å²) in [6.45, 7) is 5.75. The smallest absolute Gasteiger partial charge is 0.333 e. The predicted molar refractivity (Wildman–Crippen MR) is 113 cm³/mol. The van der Waals surface area contributed by atoms with Crippen LogP contribution < -0.4 is 0 Å². The molecular formula is C25H24O2. The maximum atomic E-state index is 11.4. The predicted octanol–water partition coefficient (Wildman–Crippen LogP) is 6.42. The van der Waals surface area contributed by atoms with Crippen LogP contribution in [0.5, 0.6) is 0 Å². The van der Waals surface area contributed by atoms with Gasteiger partial charge in [-0.1, -0.05) is 61.2 Å². The van der Waals surface area contributed by atoms with E-state index in [9.17, 15) is 4.79 Å².